The summed E-state index contributed by atoms with van der Waals surface area (Å²) in [5, 5.41) is 14.2. The van der Waals surface area contributed by atoms with E-state index in [-0.39, 0.29) is 13.2 Å². The minimum atomic E-state index is -0.0110. The van der Waals surface area contributed by atoms with Crippen LogP contribution in [0.4, 0.5) is 5.69 Å². The fraction of sp³-hybridized carbons (Fsp3) is 0.235. The number of ether oxygens (including phenoxy) is 1. The Kier molecular flexibility index (Phi) is 5.29. The third-order valence-electron chi connectivity index (χ3n) is 3.38. The maximum Gasteiger partial charge on any atom is 0.213 e. The number of rotatable bonds is 8. The highest BCUT2D eigenvalue weighted by molar-refractivity contribution is 7.09. The topological polar surface area (TPSA) is 59.3 Å². The van der Waals surface area contributed by atoms with Crippen molar-refractivity contribution >= 4 is 17.0 Å². The molecule has 0 spiro atoms. The number of nitrogens with one attached hydrogen (secondary N) is 1. The molecule has 3 heterocycles. The molecule has 0 unspecified atom stereocenters. The summed E-state index contributed by atoms with van der Waals surface area (Å²) in [7, 11) is 0. The van der Waals surface area contributed by atoms with Crippen LogP contribution in [0, 0.1) is 0 Å². The lowest BCUT2D eigenvalue weighted by Gasteiger charge is -2.11. The van der Waals surface area contributed by atoms with E-state index in [9.17, 15) is 0 Å². The maximum atomic E-state index is 8.72. The number of pyridine rings is 1. The van der Waals surface area contributed by atoms with Crippen LogP contribution in [0.15, 0.2) is 54.2 Å². The smallest absolute Gasteiger partial charge is 0.213 e. The second-order valence-corrected chi connectivity index (χ2v) is 6.05. The Balaban J connectivity index is 1.57. The molecule has 0 fully saturated rings. The molecule has 0 radical (unpaired) electrons. The molecule has 0 aliphatic rings. The summed E-state index contributed by atoms with van der Waals surface area (Å²) in [5.41, 5.74) is 2.16. The molecule has 23 heavy (non-hydrogen) atoms. The minimum absolute atomic E-state index is 0.0110. The summed E-state index contributed by atoms with van der Waals surface area (Å²) in [6, 6.07) is 12.1. The van der Waals surface area contributed by atoms with Gasteiger partial charge in [-0.3, -0.25) is 0 Å². The summed E-state index contributed by atoms with van der Waals surface area (Å²) < 4.78 is 7.49. The van der Waals surface area contributed by atoms with Gasteiger partial charge in [0.15, 0.2) is 0 Å². The van der Waals surface area contributed by atoms with Gasteiger partial charge in [0, 0.05) is 22.8 Å². The highest BCUT2D eigenvalue weighted by Crippen LogP contribution is 2.15. The van der Waals surface area contributed by atoms with E-state index in [0.29, 0.717) is 5.88 Å². The first kappa shape index (κ1) is 15.6. The summed E-state index contributed by atoms with van der Waals surface area (Å²) in [6.07, 6.45) is 3.83. The fourth-order valence-electron chi connectivity index (χ4n) is 2.25. The van der Waals surface area contributed by atoms with Crippen molar-refractivity contribution in [3.8, 4) is 5.88 Å². The highest BCUT2D eigenvalue weighted by Gasteiger charge is 2.03. The lowest BCUT2D eigenvalue weighted by molar-refractivity contribution is 0.196. The number of aliphatic hydroxyl groups excluding tert-OH is 1. The Hall–Kier alpha value is -2.31. The third kappa shape index (κ3) is 4.34. The van der Waals surface area contributed by atoms with Crippen LogP contribution in [-0.4, -0.2) is 27.9 Å². The lowest BCUT2D eigenvalue weighted by atomic mass is 10.3. The minimum Gasteiger partial charge on any atom is -0.475 e. The fourth-order valence-corrected chi connectivity index (χ4v) is 2.95. The first-order valence-electron chi connectivity index (χ1n) is 7.45. The van der Waals surface area contributed by atoms with Gasteiger partial charge in [-0.15, -0.1) is 11.3 Å². The van der Waals surface area contributed by atoms with Crippen molar-refractivity contribution in [3.63, 3.8) is 0 Å². The Morgan fingerprint density at radius 3 is 2.91 bits per heavy atom. The average Bonchev–Trinajstić information content (AvgIpc) is 3.24. The molecule has 0 atom stereocenters. The first-order valence-corrected chi connectivity index (χ1v) is 8.33. The molecule has 6 heteroatoms. The van der Waals surface area contributed by atoms with Crippen LogP contribution in [0.5, 0.6) is 5.88 Å². The van der Waals surface area contributed by atoms with Gasteiger partial charge < -0.3 is 19.7 Å². The van der Waals surface area contributed by atoms with Gasteiger partial charge in [0.1, 0.15) is 6.61 Å². The Morgan fingerprint density at radius 2 is 2.17 bits per heavy atom. The van der Waals surface area contributed by atoms with E-state index in [4.69, 9.17) is 9.84 Å². The largest absolute Gasteiger partial charge is 0.475 e. The molecule has 3 aromatic heterocycles. The molecular formula is C17H19N3O2S. The standard InChI is InChI=1S/C17H19N3O2S/c21-8-9-22-17-6-5-14(11-19-17)18-12-15-3-1-7-20(15)13-16-4-2-10-23-16/h1-7,10-11,18,21H,8-9,12-13H2. The van der Waals surface area contributed by atoms with Crippen molar-refractivity contribution < 1.29 is 9.84 Å². The van der Waals surface area contributed by atoms with Gasteiger partial charge >= 0.3 is 0 Å². The molecule has 0 saturated carbocycles. The second kappa shape index (κ2) is 7.80. The van der Waals surface area contributed by atoms with Crippen molar-refractivity contribution in [2.75, 3.05) is 18.5 Å². The van der Waals surface area contributed by atoms with Crippen LogP contribution >= 0.6 is 11.3 Å². The van der Waals surface area contributed by atoms with E-state index >= 15 is 0 Å². The van der Waals surface area contributed by atoms with Crippen molar-refractivity contribution in [3.05, 3.63) is 64.7 Å². The van der Waals surface area contributed by atoms with E-state index in [1.807, 2.05) is 6.07 Å². The van der Waals surface area contributed by atoms with Crippen LogP contribution < -0.4 is 10.1 Å². The quantitative estimate of drug-likeness (QED) is 0.667. The Labute approximate surface area is 139 Å². The number of hydrogen-bond donors (Lipinski definition) is 2. The molecule has 120 valence electrons. The third-order valence-corrected chi connectivity index (χ3v) is 4.24. The number of thiophene rings is 1. The van der Waals surface area contributed by atoms with Crippen LogP contribution in [-0.2, 0) is 13.1 Å². The first-order chi connectivity index (χ1) is 11.3. The van der Waals surface area contributed by atoms with Gasteiger partial charge in [-0.05, 0) is 29.6 Å². The van der Waals surface area contributed by atoms with E-state index in [0.717, 1.165) is 18.8 Å². The molecule has 0 amide bonds. The zero-order valence-corrected chi connectivity index (χ0v) is 13.5. The number of aromatic nitrogens is 2. The number of nitrogens with zero attached hydrogens (tertiary/aromatic N) is 2. The lowest BCUT2D eigenvalue weighted by Crippen LogP contribution is -2.08. The highest BCUT2D eigenvalue weighted by atomic mass is 32.1. The molecule has 2 N–H and O–H groups in total. The zero-order chi connectivity index (χ0) is 15.9. The monoisotopic (exact) mass is 329 g/mol. The van der Waals surface area contributed by atoms with Gasteiger partial charge in [-0.2, -0.15) is 0 Å². The summed E-state index contributed by atoms with van der Waals surface area (Å²) >= 11 is 1.77. The summed E-state index contributed by atoms with van der Waals surface area (Å²) in [6.45, 7) is 1.88. The zero-order valence-electron chi connectivity index (χ0n) is 12.7. The number of aliphatic hydroxyl groups is 1. The average molecular weight is 329 g/mol. The van der Waals surface area contributed by atoms with Gasteiger partial charge in [-0.1, -0.05) is 6.07 Å². The predicted molar refractivity (Wildman–Crippen MR) is 92.0 cm³/mol. The van der Waals surface area contributed by atoms with Crippen molar-refractivity contribution in [2.45, 2.75) is 13.1 Å². The molecule has 5 nitrogen and oxygen atoms in total. The summed E-state index contributed by atoms with van der Waals surface area (Å²) in [4.78, 5) is 5.54. The molecule has 0 aliphatic carbocycles. The van der Waals surface area contributed by atoms with E-state index < -0.39 is 0 Å². The molecule has 0 aromatic carbocycles. The second-order valence-electron chi connectivity index (χ2n) is 5.02. The molecule has 3 rings (SSSR count). The maximum absolute atomic E-state index is 8.72. The molecular weight excluding hydrogens is 310 g/mol. The van der Waals surface area contributed by atoms with Crippen LogP contribution in [0.25, 0.3) is 0 Å². The Morgan fingerprint density at radius 1 is 1.22 bits per heavy atom. The molecule has 0 aliphatic heterocycles. The van der Waals surface area contributed by atoms with Crippen LogP contribution in [0.3, 0.4) is 0 Å². The SMILES string of the molecule is OCCOc1ccc(NCc2cccn2Cc2cccs2)cn1. The van der Waals surface area contributed by atoms with Crippen molar-refractivity contribution in [1.29, 1.82) is 0 Å². The summed E-state index contributed by atoms with van der Waals surface area (Å²) in [5.74, 6) is 0.519. The van der Waals surface area contributed by atoms with Gasteiger partial charge in [-0.25, -0.2) is 4.98 Å². The predicted octanol–water partition coefficient (Wildman–Crippen LogP) is 2.98. The van der Waals surface area contributed by atoms with Crippen LogP contribution in [0.1, 0.15) is 10.6 Å². The molecule has 3 aromatic rings. The van der Waals surface area contributed by atoms with Crippen molar-refractivity contribution in [1.82, 2.24) is 9.55 Å². The van der Waals surface area contributed by atoms with E-state index in [1.165, 1.54) is 10.6 Å². The van der Waals surface area contributed by atoms with Gasteiger partial charge in [0.25, 0.3) is 0 Å². The van der Waals surface area contributed by atoms with E-state index in [2.05, 4.69) is 50.7 Å². The normalized spacial score (nSPS) is 10.7. The van der Waals surface area contributed by atoms with Gasteiger partial charge in [0.2, 0.25) is 5.88 Å². The van der Waals surface area contributed by atoms with Crippen molar-refractivity contribution in [2.24, 2.45) is 0 Å². The number of anilines is 1. The van der Waals surface area contributed by atoms with E-state index in [1.54, 1.807) is 23.6 Å². The van der Waals surface area contributed by atoms with Crippen LogP contribution in [0.2, 0.25) is 0 Å². The Bertz CT molecular complexity index is 708. The van der Waals surface area contributed by atoms with Gasteiger partial charge in [0.05, 0.1) is 31.6 Å². The number of hydrogen-bond acceptors (Lipinski definition) is 5. The molecule has 0 bridgehead atoms. The molecule has 0 saturated heterocycles.